The number of nitrogens with one attached hydrogen (secondary N) is 1. The van der Waals surface area contributed by atoms with E-state index in [1.807, 2.05) is 0 Å². The van der Waals surface area contributed by atoms with Gasteiger partial charge >= 0.3 is 0 Å². The highest BCUT2D eigenvalue weighted by molar-refractivity contribution is 5.30. The van der Waals surface area contributed by atoms with Crippen molar-refractivity contribution in [2.75, 3.05) is 20.3 Å². The van der Waals surface area contributed by atoms with Crippen molar-refractivity contribution >= 4 is 0 Å². The summed E-state index contributed by atoms with van der Waals surface area (Å²) in [5, 5.41) is 8.41. The lowest BCUT2D eigenvalue weighted by molar-refractivity contribution is 0.178. The molecule has 1 rings (SSSR count). The molecule has 1 N–H and O–H groups in total. The van der Waals surface area contributed by atoms with Gasteiger partial charge in [-0.2, -0.15) is 5.10 Å². The van der Waals surface area contributed by atoms with Crippen LogP contribution in [0.15, 0.2) is 0 Å². The molecule has 0 saturated heterocycles. The van der Waals surface area contributed by atoms with Gasteiger partial charge in [0.2, 0.25) is 0 Å². The molecule has 4 heteroatoms. The summed E-state index contributed by atoms with van der Waals surface area (Å²) < 4.78 is 7.43. The van der Waals surface area contributed by atoms with Crippen molar-refractivity contribution < 1.29 is 4.74 Å². The Hall–Kier alpha value is -0.870. The number of hydrogen-bond acceptors (Lipinski definition) is 3. The fourth-order valence-electron chi connectivity index (χ4n) is 2.83. The number of rotatable bonds is 9. The quantitative estimate of drug-likeness (QED) is 0.755. The van der Waals surface area contributed by atoms with Crippen LogP contribution in [-0.2, 0) is 17.6 Å². The summed E-state index contributed by atoms with van der Waals surface area (Å²) in [6, 6.07) is 0.756. The average molecular weight is 281 g/mol. The first-order valence-electron chi connectivity index (χ1n) is 7.92. The van der Waals surface area contributed by atoms with Crippen molar-refractivity contribution in [3.8, 4) is 0 Å². The molecule has 2 atom stereocenters. The minimum absolute atomic E-state index is 0.369. The van der Waals surface area contributed by atoms with Crippen LogP contribution in [0.25, 0.3) is 0 Å². The second-order valence-electron chi connectivity index (χ2n) is 5.37. The minimum Gasteiger partial charge on any atom is -0.385 e. The molecule has 0 aliphatic rings. The van der Waals surface area contributed by atoms with Crippen LogP contribution < -0.4 is 5.32 Å². The Labute approximate surface area is 123 Å². The second-order valence-corrected chi connectivity index (χ2v) is 5.37. The van der Waals surface area contributed by atoms with Gasteiger partial charge in [0.1, 0.15) is 0 Å². The van der Waals surface area contributed by atoms with Gasteiger partial charge in [-0.1, -0.05) is 20.8 Å². The van der Waals surface area contributed by atoms with Crippen LogP contribution in [0.4, 0.5) is 0 Å². The zero-order chi connectivity index (χ0) is 15.1. The summed E-state index contributed by atoms with van der Waals surface area (Å²) in [6.07, 6.45) is 3.01. The van der Waals surface area contributed by atoms with E-state index in [1.54, 1.807) is 7.11 Å². The Morgan fingerprint density at radius 2 is 1.90 bits per heavy atom. The molecule has 20 heavy (non-hydrogen) atoms. The maximum absolute atomic E-state index is 5.20. The number of nitrogens with zero attached hydrogens (tertiary/aromatic N) is 2. The van der Waals surface area contributed by atoms with Crippen LogP contribution in [0.5, 0.6) is 0 Å². The van der Waals surface area contributed by atoms with Crippen LogP contribution in [-0.4, -0.2) is 30.0 Å². The molecule has 0 radical (unpaired) electrons. The first-order chi connectivity index (χ1) is 9.60. The molecule has 0 bridgehead atoms. The van der Waals surface area contributed by atoms with Gasteiger partial charge in [0.25, 0.3) is 0 Å². The molecule has 0 saturated carbocycles. The molecule has 0 aromatic carbocycles. The molecule has 0 amide bonds. The smallest absolute Gasteiger partial charge is 0.0672 e. The molecule has 1 heterocycles. The third-order valence-corrected chi connectivity index (χ3v) is 3.90. The summed E-state index contributed by atoms with van der Waals surface area (Å²) in [5.74, 6) is 0. The monoisotopic (exact) mass is 281 g/mol. The van der Waals surface area contributed by atoms with Crippen LogP contribution in [0, 0.1) is 0 Å². The molecule has 0 fully saturated rings. The molecule has 0 aliphatic heterocycles. The van der Waals surface area contributed by atoms with Gasteiger partial charge in [0, 0.05) is 31.0 Å². The van der Waals surface area contributed by atoms with E-state index >= 15 is 0 Å². The molecule has 116 valence electrons. The molecule has 2 unspecified atom stereocenters. The van der Waals surface area contributed by atoms with Crippen LogP contribution in [0.1, 0.15) is 70.1 Å². The Bertz CT molecular complexity index is 401. The zero-order valence-corrected chi connectivity index (χ0v) is 14.0. The lowest BCUT2D eigenvalue weighted by Crippen LogP contribution is -2.20. The maximum Gasteiger partial charge on any atom is 0.0672 e. The van der Waals surface area contributed by atoms with Gasteiger partial charge in [0.05, 0.1) is 11.7 Å². The van der Waals surface area contributed by atoms with Gasteiger partial charge in [-0.05, 0) is 39.7 Å². The van der Waals surface area contributed by atoms with E-state index < -0.39 is 0 Å². The Kier molecular flexibility index (Phi) is 7.24. The molecule has 0 spiro atoms. The third kappa shape index (κ3) is 3.83. The maximum atomic E-state index is 5.20. The predicted octanol–water partition coefficient (Wildman–Crippen LogP) is 3.28. The van der Waals surface area contributed by atoms with Gasteiger partial charge in [-0.3, -0.25) is 4.68 Å². The third-order valence-electron chi connectivity index (χ3n) is 3.90. The van der Waals surface area contributed by atoms with E-state index in [4.69, 9.17) is 9.84 Å². The summed E-state index contributed by atoms with van der Waals surface area (Å²) in [6.45, 7) is 12.8. The summed E-state index contributed by atoms with van der Waals surface area (Å²) in [7, 11) is 1.76. The number of aryl methyl sites for hydroxylation is 1. The second kappa shape index (κ2) is 8.42. The lowest BCUT2D eigenvalue weighted by Gasteiger charge is -2.18. The highest BCUT2D eigenvalue weighted by atomic mass is 16.5. The number of ether oxygens (including phenoxy) is 1. The molecule has 0 aliphatic carbocycles. The molecular weight excluding hydrogens is 250 g/mol. The van der Waals surface area contributed by atoms with Crippen molar-refractivity contribution in [1.29, 1.82) is 0 Å². The van der Waals surface area contributed by atoms with Crippen molar-refractivity contribution in [2.24, 2.45) is 0 Å². The van der Waals surface area contributed by atoms with Crippen molar-refractivity contribution in [2.45, 2.75) is 66.0 Å². The van der Waals surface area contributed by atoms with Gasteiger partial charge in [-0.25, -0.2) is 0 Å². The standard InChI is InChI=1S/C16H31N3O/c1-7-14-16(13(5)17-9-3)15(8-2)19(18-14)12(4)10-11-20-6/h12-13,17H,7-11H2,1-6H3. The van der Waals surface area contributed by atoms with E-state index in [0.717, 1.165) is 32.4 Å². The van der Waals surface area contributed by atoms with E-state index in [9.17, 15) is 0 Å². The van der Waals surface area contributed by atoms with Gasteiger partial charge in [-0.15, -0.1) is 0 Å². The summed E-state index contributed by atoms with van der Waals surface area (Å²) in [5.41, 5.74) is 4.01. The summed E-state index contributed by atoms with van der Waals surface area (Å²) >= 11 is 0. The highest BCUT2D eigenvalue weighted by Crippen LogP contribution is 2.27. The number of aromatic nitrogens is 2. The fraction of sp³-hybridized carbons (Fsp3) is 0.812. The van der Waals surface area contributed by atoms with Crippen LogP contribution in [0.3, 0.4) is 0 Å². The highest BCUT2D eigenvalue weighted by Gasteiger charge is 2.22. The predicted molar refractivity (Wildman–Crippen MR) is 84.3 cm³/mol. The van der Waals surface area contributed by atoms with E-state index in [-0.39, 0.29) is 0 Å². The molecule has 1 aromatic rings. The van der Waals surface area contributed by atoms with Crippen LogP contribution in [0.2, 0.25) is 0 Å². The Morgan fingerprint density at radius 3 is 2.40 bits per heavy atom. The van der Waals surface area contributed by atoms with Crippen molar-refractivity contribution in [1.82, 2.24) is 15.1 Å². The fourth-order valence-corrected chi connectivity index (χ4v) is 2.83. The number of methoxy groups -OCH3 is 1. The topological polar surface area (TPSA) is 39.1 Å². The average Bonchev–Trinajstić information content (AvgIpc) is 2.83. The van der Waals surface area contributed by atoms with Gasteiger partial charge in [0.15, 0.2) is 0 Å². The zero-order valence-electron chi connectivity index (χ0n) is 14.0. The normalized spacial score (nSPS) is 14.5. The minimum atomic E-state index is 0.369. The van der Waals surface area contributed by atoms with Crippen molar-refractivity contribution in [3.05, 3.63) is 17.0 Å². The van der Waals surface area contributed by atoms with E-state index in [0.29, 0.717) is 12.1 Å². The van der Waals surface area contributed by atoms with Crippen LogP contribution >= 0.6 is 0 Å². The number of hydrogen-bond donors (Lipinski definition) is 1. The van der Waals surface area contributed by atoms with E-state index in [1.165, 1.54) is 17.0 Å². The molecule has 1 aromatic heterocycles. The SMILES string of the molecule is CCNC(C)c1c(CC)nn(C(C)CCOC)c1CC. The molecule has 4 nitrogen and oxygen atoms in total. The largest absolute Gasteiger partial charge is 0.385 e. The first-order valence-corrected chi connectivity index (χ1v) is 7.92. The first kappa shape index (κ1) is 17.2. The van der Waals surface area contributed by atoms with Crippen molar-refractivity contribution in [3.63, 3.8) is 0 Å². The Balaban J connectivity index is 3.12. The lowest BCUT2D eigenvalue weighted by atomic mass is 10.0. The Morgan fingerprint density at radius 1 is 1.20 bits per heavy atom. The summed E-state index contributed by atoms with van der Waals surface area (Å²) in [4.78, 5) is 0. The van der Waals surface area contributed by atoms with E-state index in [2.05, 4.69) is 44.6 Å². The molecular formula is C16H31N3O. The van der Waals surface area contributed by atoms with Gasteiger partial charge < -0.3 is 10.1 Å².